The van der Waals surface area contributed by atoms with E-state index in [0.29, 0.717) is 0 Å². The van der Waals surface area contributed by atoms with E-state index >= 15 is 0 Å². The largest absolute Gasteiger partial charge is 0.396 e. The predicted octanol–water partition coefficient (Wildman–Crippen LogP) is 1.08. The second-order valence-electron chi connectivity index (χ2n) is 3.50. The van der Waals surface area contributed by atoms with Crippen LogP contribution in [0.3, 0.4) is 0 Å². The molecule has 1 saturated heterocycles. The van der Waals surface area contributed by atoms with Gasteiger partial charge in [0.05, 0.1) is 11.4 Å². The Morgan fingerprint density at radius 1 is 1.23 bits per heavy atom. The van der Waals surface area contributed by atoms with Crippen LogP contribution in [-0.2, 0) is 0 Å². The van der Waals surface area contributed by atoms with Crippen LogP contribution in [0.1, 0.15) is 0 Å². The van der Waals surface area contributed by atoms with Crippen molar-refractivity contribution in [2.24, 2.45) is 0 Å². The first kappa shape index (κ1) is 8.84. The number of nitrogen functional groups attached to an aromatic ring is 1. The van der Waals surface area contributed by atoms with Crippen molar-refractivity contribution in [3.8, 4) is 0 Å². The summed E-state index contributed by atoms with van der Waals surface area (Å²) in [6.45, 7) is 4.46. The third-order valence-electron chi connectivity index (χ3n) is 2.51. The monoisotopic (exact) mass is 197 g/mol. The fraction of sp³-hybridized carbons (Fsp3) is 0.556. The molecule has 13 heavy (non-hydrogen) atoms. The highest BCUT2D eigenvalue weighted by molar-refractivity contribution is 7.08. The molecule has 1 aliphatic heterocycles. The van der Waals surface area contributed by atoms with Gasteiger partial charge in [-0.05, 0) is 7.05 Å². The van der Waals surface area contributed by atoms with E-state index in [2.05, 4.69) is 22.2 Å². The Kier molecular flexibility index (Phi) is 2.42. The summed E-state index contributed by atoms with van der Waals surface area (Å²) >= 11 is 1.68. The fourth-order valence-corrected chi connectivity index (χ4v) is 2.35. The average Bonchev–Trinajstić information content (AvgIpc) is 2.53. The zero-order valence-corrected chi connectivity index (χ0v) is 8.68. The molecule has 3 nitrogen and oxygen atoms in total. The van der Waals surface area contributed by atoms with Gasteiger partial charge in [0.2, 0.25) is 0 Å². The highest BCUT2D eigenvalue weighted by Crippen LogP contribution is 2.27. The van der Waals surface area contributed by atoms with Crippen molar-refractivity contribution in [1.29, 1.82) is 0 Å². The van der Waals surface area contributed by atoms with E-state index < -0.39 is 0 Å². The van der Waals surface area contributed by atoms with E-state index in [-0.39, 0.29) is 0 Å². The zero-order chi connectivity index (χ0) is 9.26. The molecule has 2 heterocycles. The third kappa shape index (κ3) is 1.78. The standard InChI is InChI=1S/C9H15N3S/c1-11-2-4-12(5-3-11)9-7-13-6-8(9)10/h6-7H,2-5,10H2,1H3. The number of anilines is 2. The van der Waals surface area contributed by atoms with E-state index in [1.807, 2.05) is 5.38 Å². The van der Waals surface area contributed by atoms with Crippen LogP contribution < -0.4 is 10.6 Å². The van der Waals surface area contributed by atoms with E-state index in [1.54, 1.807) is 11.3 Å². The number of thiophene rings is 1. The first-order valence-electron chi connectivity index (χ1n) is 4.52. The highest BCUT2D eigenvalue weighted by Gasteiger charge is 2.16. The molecule has 1 aromatic heterocycles. The molecule has 1 fully saturated rings. The van der Waals surface area contributed by atoms with Crippen LogP contribution >= 0.6 is 11.3 Å². The van der Waals surface area contributed by atoms with E-state index in [9.17, 15) is 0 Å². The molecule has 0 amide bonds. The maximum absolute atomic E-state index is 5.86. The molecule has 2 rings (SSSR count). The molecule has 72 valence electrons. The molecular formula is C9H15N3S. The van der Waals surface area contributed by atoms with Crippen molar-refractivity contribution in [2.75, 3.05) is 43.9 Å². The predicted molar refractivity (Wildman–Crippen MR) is 58.4 cm³/mol. The first-order chi connectivity index (χ1) is 6.27. The van der Waals surface area contributed by atoms with Crippen LogP contribution in [0.2, 0.25) is 0 Å². The number of rotatable bonds is 1. The molecule has 0 atom stereocenters. The van der Waals surface area contributed by atoms with Gasteiger partial charge in [0.25, 0.3) is 0 Å². The van der Waals surface area contributed by atoms with Crippen LogP contribution in [0.15, 0.2) is 10.8 Å². The summed E-state index contributed by atoms with van der Waals surface area (Å²) < 4.78 is 0. The lowest BCUT2D eigenvalue weighted by molar-refractivity contribution is 0.313. The van der Waals surface area contributed by atoms with Gasteiger partial charge in [-0.2, -0.15) is 0 Å². The van der Waals surface area contributed by atoms with Crippen LogP contribution in [-0.4, -0.2) is 38.1 Å². The highest BCUT2D eigenvalue weighted by atomic mass is 32.1. The minimum absolute atomic E-state index is 0.926. The number of nitrogens with two attached hydrogens (primary N) is 1. The van der Waals surface area contributed by atoms with Gasteiger partial charge < -0.3 is 15.5 Å². The van der Waals surface area contributed by atoms with Crippen LogP contribution in [0, 0.1) is 0 Å². The third-order valence-corrected chi connectivity index (χ3v) is 3.26. The lowest BCUT2D eigenvalue weighted by atomic mass is 10.3. The van der Waals surface area contributed by atoms with Crippen molar-refractivity contribution in [3.05, 3.63) is 10.8 Å². The second kappa shape index (κ2) is 3.55. The maximum atomic E-state index is 5.86. The lowest BCUT2D eigenvalue weighted by Crippen LogP contribution is -2.44. The Balaban J connectivity index is 2.06. The molecule has 0 spiro atoms. The van der Waals surface area contributed by atoms with Gasteiger partial charge in [0, 0.05) is 36.9 Å². The van der Waals surface area contributed by atoms with Gasteiger partial charge in [0.1, 0.15) is 0 Å². The molecule has 0 bridgehead atoms. The van der Waals surface area contributed by atoms with Crippen LogP contribution in [0.4, 0.5) is 11.4 Å². The molecule has 0 saturated carbocycles. The van der Waals surface area contributed by atoms with Crippen LogP contribution in [0.25, 0.3) is 0 Å². The summed E-state index contributed by atoms with van der Waals surface area (Å²) in [6, 6.07) is 0. The van der Waals surface area contributed by atoms with E-state index in [4.69, 9.17) is 5.73 Å². The number of hydrogen-bond donors (Lipinski definition) is 1. The topological polar surface area (TPSA) is 32.5 Å². The second-order valence-corrected chi connectivity index (χ2v) is 4.25. The normalized spacial score (nSPS) is 19.3. The number of hydrogen-bond acceptors (Lipinski definition) is 4. The maximum Gasteiger partial charge on any atom is 0.0709 e. The van der Waals surface area contributed by atoms with E-state index in [0.717, 1.165) is 31.9 Å². The van der Waals surface area contributed by atoms with Crippen LogP contribution in [0.5, 0.6) is 0 Å². The van der Waals surface area contributed by atoms with Crippen molar-refractivity contribution in [3.63, 3.8) is 0 Å². The Labute approximate surface area is 82.8 Å². The van der Waals surface area contributed by atoms with Gasteiger partial charge in [-0.1, -0.05) is 0 Å². The Morgan fingerprint density at radius 3 is 2.46 bits per heavy atom. The molecule has 0 aliphatic carbocycles. The van der Waals surface area contributed by atoms with Gasteiger partial charge in [-0.25, -0.2) is 0 Å². The minimum atomic E-state index is 0.926. The minimum Gasteiger partial charge on any atom is -0.396 e. The number of piperazine rings is 1. The zero-order valence-electron chi connectivity index (χ0n) is 7.86. The molecule has 0 unspecified atom stereocenters. The van der Waals surface area contributed by atoms with Gasteiger partial charge >= 0.3 is 0 Å². The molecule has 0 aromatic carbocycles. The Hall–Kier alpha value is -0.740. The van der Waals surface area contributed by atoms with Crippen molar-refractivity contribution < 1.29 is 0 Å². The number of likely N-dealkylation sites (N-methyl/N-ethyl adjacent to an activating group) is 1. The van der Waals surface area contributed by atoms with Gasteiger partial charge in [-0.3, -0.25) is 0 Å². The average molecular weight is 197 g/mol. The summed E-state index contributed by atoms with van der Waals surface area (Å²) in [4.78, 5) is 4.71. The quantitative estimate of drug-likeness (QED) is 0.731. The molecule has 1 aliphatic rings. The van der Waals surface area contributed by atoms with E-state index in [1.165, 1.54) is 5.69 Å². The smallest absolute Gasteiger partial charge is 0.0709 e. The molecule has 4 heteroatoms. The first-order valence-corrected chi connectivity index (χ1v) is 5.47. The summed E-state index contributed by atoms with van der Waals surface area (Å²) in [5.74, 6) is 0. The number of nitrogens with zero attached hydrogens (tertiary/aromatic N) is 2. The van der Waals surface area contributed by atoms with Crippen molar-refractivity contribution in [2.45, 2.75) is 0 Å². The van der Waals surface area contributed by atoms with Gasteiger partial charge in [-0.15, -0.1) is 11.3 Å². The summed E-state index contributed by atoms with van der Waals surface area (Å²) in [6.07, 6.45) is 0. The lowest BCUT2D eigenvalue weighted by Gasteiger charge is -2.33. The van der Waals surface area contributed by atoms with Crippen molar-refractivity contribution in [1.82, 2.24) is 4.90 Å². The molecular weight excluding hydrogens is 182 g/mol. The summed E-state index contributed by atoms with van der Waals surface area (Å²) in [7, 11) is 2.16. The fourth-order valence-electron chi connectivity index (χ4n) is 1.60. The Morgan fingerprint density at radius 2 is 1.92 bits per heavy atom. The molecule has 0 radical (unpaired) electrons. The Bertz CT molecular complexity index is 276. The molecule has 1 aromatic rings. The summed E-state index contributed by atoms with van der Waals surface area (Å²) in [5, 5.41) is 4.15. The SMILES string of the molecule is CN1CCN(c2cscc2N)CC1. The van der Waals surface area contributed by atoms with Crippen molar-refractivity contribution >= 4 is 22.7 Å². The van der Waals surface area contributed by atoms with Gasteiger partial charge in [0.15, 0.2) is 0 Å². The summed E-state index contributed by atoms with van der Waals surface area (Å²) in [5.41, 5.74) is 8.01. The molecule has 2 N–H and O–H groups in total.